The van der Waals surface area contributed by atoms with Crippen LogP contribution in [0.2, 0.25) is 0 Å². The van der Waals surface area contributed by atoms with E-state index in [-0.39, 0.29) is 5.84 Å². The van der Waals surface area contributed by atoms with Crippen LogP contribution in [0.25, 0.3) is 0 Å². The average Bonchev–Trinajstić information content (AvgIpc) is 2.33. The van der Waals surface area contributed by atoms with Crippen LogP contribution < -0.4 is 10.5 Å². The Balaban J connectivity index is 2.37. The second-order valence-electron chi connectivity index (χ2n) is 4.13. The quantitative estimate of drug-likeness (QED) is 0.641. The monoisotopic (exact) mass is 241 g/mol. The van der Waals surface area contributed by atoms with Gasteiger partial charge in [-0.2, -0.15) is 0 Å². The van der Waals surface area contributed by atoms with Crippen molar-refractivity contribution in [1.82, 2.24) is 4.98 Å². The lowest BCUT2D eigenvalue weighted by Gasteiger charge is -2.11. The molecule has 1 heterocycles. The van der Waals surface area contributed by atoms with Gasteiger partial charge in [-0.25, -0.2) is 4.98 Å². The predicted octanol–water partition coefficient (Wildman–Crippen LogP) is 2.77. The highest BCUT2D eigenvalue weighted by molar-refractivity contribution is 5.95. The second-order valence-corrected chi connectivity index (χ2v) is 4.13. The smallest absolute Gasteiger partial charge is 0.156 e. The Morgan fingerprint density at radius 3 is 2.67 bits per heavy atom. The number of hydrogen-bond acceptors (Lipinski definition) is 3. The SMILES string of the molecule is Cc1ccc(Oc2cccnc2C(=N)N)c(C)c1. The van der Waals surface area contributed by atoms with Crippen molar-refractivity contribution in [3.05, 3.63) is 53.3 Å². The second kappa shape index (κ2) is 4.87. The third kappa shape index (κ3) is 2.48. The van der Waals surface area contributed by atoms with Gasteiger partial charge in [0.25, 0.3) is 0 Å². The fraction of sp³-hybridized carbons (Fsp3) is 0.143. The van der Waals surface area contributed by atoms with Crippen molar-refractivity contribution in [3.63, 3.8) is 0 Å². The first-order valence-corrected chi connectivity index (χ1v) is 5.62. The maximum absolute atomic E-state index is 7.47. The van der Waals surface area contributed by atoms with Crippen LogP contribution in [0.4, 0.5) is 0 Å². The van der Waals surface area contributed by atoms with Crippen LogP contribution >= 0.6 is 0 Å². The number of nitrogen functional groups attached to an aromatic ring is 1. The largest absolute Gasteiger partial charge is 0.455 e. The molecule has 1 aromatic heterocycles. The fourth-order valence-electron chi connectivity index (χ4n) is 1.71. The molecule has 0 atom stereocenters. The molecular weight excluding hydrogens is 226 g/mol. The summed E-state index contributed by atoms with van der Waals surface area (Å²) >= 11 is 0. The van der Waals surface area contributed by atoms with E-state index in [1.165, 1.54) is 5.56 Å². The Bertz CT molecular complexity index is 593. The van der Waals surface area contributed by atoms with Gasteiger partial charge in [-0.3, -0.25) is 5.41 Å². The Labute approximate surface area is 106 Å². The first-order valence-electron chi connectivity index (χ1n) is 5.62. The van der Waals surface area contributed by atoms with Gasteiger partial charge in [-0.1, -0.05) is 17.7 Å². The number of nitrogens with two attached hydrogens (primary N) is 1. The van der Waals surface area contributed by atoms with Gasteiger partial charge < -0.3 is 10.5 Å². The number of pyridine rings is 1. The minimum atomic E-state index is -0.102. The molecule has 4 heteroatoms. The van der Waals surface area contributed by atoms with E-state index in [2.05, 4.69) is 4.98 Å². The number of hydrogen-bond donors (Lipinski definition) is 2. The first kappa shape index (κ1) is 12.1. The van der Waals surface area contributed by atoms with E-state index in [9.17, 15) is 0 Å². The van der Waals surface area contributed by atoms with Crippen LogP contribution in [-0.2, 0) is 0 Å². The Morgan fingerprint density at radius 1 is 1.22 bits per heavy atom. The standard InChI is InChI=1S/C14H15N3O/c1-9-5-6-11(10(2)8-9)18-12-4-3-7-17-13(12)14(15)16/h3-8H,1-2H3,(H3,15,16). The molecule has 0 aliphatic heterocycles. The minimum absolute atomic E-state index is 0.102. The Hall–Kier alpha value is -2.36. The highest BCUT2D eigenvalue weighted by Gasteiger charge is 2.09. The fourth-order valence-corrected chi connectivity index (χ4v) is 1.71. The van der Waals surface area contributed by atoms with E-state index in [4.69, 9.17) is 15.9 Å². The summed E-state index contributed by atoms with van der Waals surface area (Å²) in [6.07, 6.45) is 1.59. The van der Waals surface area contributed by atoms with Gasteiger partial charge in [0.1, 0.15) is 17.3 Å². The molecule has 0 unspecified atom stereocenters. The number of ether oxygens (including phenoxy) is 1. The summed E-state index contributed by atoms with van der Waals surface area (Å²) < 4.78 is 5.77. The van der Waals surface area contributed by atoms with Crippen molar-refractivity contribution in [2.24, 2.45) is 5.73 Å². The summed E-state index contributed by atoms with van der Waals surface area (Å²) in [6, 6.07) is 9.43. The van der Waals surface area contributed by atoms with Gasteiger partial charge in [0.05, 0.1) is 0 Å². The third-order valence-corrected chi connectivity index (χ3v) is 2.58. The molecule has 2 rings (SSSR count). The number of rotatable bonds is 3. The molecule has 0 saturated carbocycles. The van der Waals surface area contributed by atoms with Gasteiger partial charge in [0, 0.05) is 6.20 Å². The molecule has 92 valence electrons. The van der Waals surface area contributed by atoms with Crippen LogP contribution in [-0.4, -0.2) is 10.8 Å². The normalized spacial score (nSPS) is 10.1. The summed E-state index contributed by atoms with van der Waals surface area (Å²) in [7, 11) is 0. The summed E-state index contributed by atoms with van der Waals surface area (Å²) in [5.74, 6) is 1.14. The molecule has 4 nitrogen and oxygen atoms in total. The molecule has 0 bridgehead atoms. The van der Waals surface area contributed by atoms with E-state index in [1.807, 2.05) is 32.0 Å². The van der Waals surface area contributed by atoms with Crippen molar-refractivity contribution in [2.75, 3.05) is 0 Å². The zero-order chi connectivity index (χ0) is 13.1. The van der Waals surface area contributed by atoms with E-state index in [1.54, 1.807) is 18.3 Å². The molecule has 0 radical (unpaired) electrons. The van der Waals surface area contributed by atoms with Gasteiger partial charge in [-0.15, -0.1) is 0 Å². The van der Waals surface area contributed by atoms with Gasteiger partial charge in [0.15, 0.2) is 5.75 Å². The molecule has 1 aromatic carbocycles. The van der Waals surface area contributed by atoms with Crippen LogP contribution in [0.5, 0.6) is 11.5 Å². The number of benzene rings is 1. The lowest BCUT2D eigenvalue weighted by Crippen LogP contribution is -2.14. The predicted molar refractivity (Wildman–Crippen MR) is 71.2 cm³/mol. The summed E-state index contributed by atoms with van der Waals surface area (Å²) in [6.45, 7) is 4.01. The van der Waals surface area contributed by atoms with Crippen LogP contribution in [0, 0.1) is 19.3 Å². The maximum atomic E-state index is 7.47. The van der Waals surface area contributed by atoms with Crippen LogP contribution in [0.1, 0.15) is 16.8 Å². The van der Waals surface area contributed by atoms with Crippen LogP contribution in [0.3, 0.4) is 0 Å². The summed E-state index contributed by atoms with van der Waals surface area (Å²) in [4.78, 5) is 4.05. The topological polar surface area (TPSA) is 72.0 Å². The molecule has 0 saturated heterocycles. The summed E-state index contributed by atoms with van der Waals surface area (Å²) in [5, 5.41) is 7.47. The molecule has 0 spiro atoms. The van der Waals surface area contributed by atoms with Crippen molar-refractivity contribution in [1.29, 1.82) is 5.41 Å². The first-order chi connectivity index (χ1) is 8.58. The molecule has 18 heavy (non-hydrogen) atoms. The lowest BCUT2D eigenvalue weighted by atomic mass is 10.1. The molecule has 0 aliphatic rings. The lowest BCUT2D eigenvalue weighted by molar-refractivity contribution is 0.475. The zero-order valence-corrected chi connectivity index (χ0v) is 10.4. The van der Waals surface area contributed by atoms with E-state index in [0.29, 0.717) is 11.4 Å². The van der Waals surface area contributed by atoms with Crippen LogP contribution in [0.15, 0.2) is 36.5 Å². The van der Waals surface area contributed by atoms with Gasteiger partial charge in [0.2, 0.25) is 0 Å². The summed E-state index contributed by atoms with van der Waals surface area (Å²) in [5.41, 5.74) is 8.04. The van der Waals surface area contributed by atoms with Gasteiger partial charge in [-0.05, 0) is 37.6 Å². The van der Waals surface area contributed by atoms with Crippen molar-refractivity contribution in [2.45, 2.75) is 13.8 Å². The minimum Gasteiger partial charge on any atom is -0.455 e. The highest BCUT2D eigenvalue weighted by atomic mass is 16.5. The van der Waals surface area contributed by atoms with E-state index < -0.39 is 0 Å². The number of nitrogens with zero attached hydrogens (tertiary/aromatic N) is 1. The molecule has 0 fully saturated rings. The molecule has 0 amide bonds. The number of amidine groups is 1. The number of aryl methyl sites for hydroxylation is 2. The molecule has 2 aromatic rings. The Kier molecular flexibility index (Phi) is 3.28. The van der Waals surface area contributed by atoms with Crippen molar-refractivity contribution < 1.29 is 4.74 Å². The molecule has 3 N–H and O–H groups in total. The van der Waals surface area contributed by atoms with E-state index >= 15 is 0 Å². The number of aromatic nitrogens is 1. The Morgan fingerprint density at radius 2 is 2.00 bits per heavy atom. The van der Waals surface area contributed by atoms with Gasteiger partial charge >= 0.3 is 0 Å². The molecule has 0 aliphatic carbocycles. The van der Waals surface area contributed by atoms with E-state index in [0.717, 1.165) is 11.3 Å². The number of nitrogens with one attached hydrogen (secondary N) is 1. The van der Waals surface area contributed by atoms with Crippen molar-refractivity contribution >= 4 is 5.84 Å². The zero-order valence-electron chi connectivity index (χ0n) is 10.4. The maximum Gasteiger partial charge on any atom is 0.156 e. The highest BCUT2D eigenvalue weighted by Crippen LogP contribution is 2.27. The third-order valence-electron chi connectivity index (χ3n) is 2.58. The molecular formula is C14H15N3O. The van der Waals surface area contributed by atoms with Crippen molar-refractivity contribution in [3.8, 4) is 11.5 Å². The average molecular weight is 241 g/mol.